The Labute approximate surface area is 166 Å². The SMILES string of the molecule is O=C(/C=C\C=C/C(=O)OC(Cl)C(Cl)(Cl)Cl)OC(Cl)C(Cl)(Cl)Cl. The normalized spacial score (nSPS) is 15.8. The van der Waals surface area contributed by atoms with Gasteiger partial charge in [-0.1, -0.05) is 105 Å². The fourth-order valence-electron chi connectivity index (χ4n) is 0.684. The molecular formula is C10H6Cl8O4. The smallest absolute Gasteiger partial charge is 0.332 e. The van der Waals surface area contributed by atoms with Gasteiger partial charge in [-0.3, -0.25) is 0 Å². The Morgan fingerprint density at radius 3 is 1.23 bits per heavy atom. The van der Waals surface area contributed by atoms with Gasteiger partial charge in [-0.05, 0) is 0 Å². The van der Waals surface area contributed by atoms with Crippen LogP contribution in [-0.2, 0) is 19.1 Å². The van der Waals surface area contributed by atoms with E-state index in [9.17, 15) is 9.59 Å². The van der Waals surface area contributed by atoms with Crippen molar-refractivity contribution >= 4 is 105 Å². The molecule has 0 aromatic rings. The van der Waals surface area contributed by atoms with Crippen molar-refractivity contribution in [1.82, 2.24) is 0 Å². The highest BCUT2D eigenvalue weighted by atomic mass is 35.6. The van der Waals surface area contributed by atoms with Crippen LogP contribution in [-0.4, -0.2) is 30.6 Å². The van der Waals surface area contributed by atoms with Crippen molar-refractivity contribution in [2.24, 2.45) is 0 Å². The first-order valence-electron chi connectivity index (χ1n) is 5.01. The number of ether oxygens (including phenoxy) is 2. The van der Waals surface area contributed by atoms with Crippen LogP contribution in [0.4, 0.5) is 0 Å². The fourth-order valence-corrected chi connectivity index (χ4v) is 1.13. The van der Waals surface area contributed by atoms with Crippen LogP contribution in [0.1, 0.15) is 0 Å². The monoisotopic (exact) mass is 470 g/mol. The number of halogens is 8. The Hall–Kier alpha value is 0.740. The van der Waals surface area contributed by atoms with Crippen LogP contribution in [0.25, 0.3) is 0 Å². The maximum Gasteiger partial charge on any atom is 0.332 e. The van der Waals surface area contributed by atoms with Crippen molar-refractivity contribution in [2.75, 3.05) is 0 Å². The molecule has 0 saturated heterocycles. The lowest BCUT2D eigenvalue weighted by Gasteiger charge is -2.17. The number of esters is 2. The van der Waals surface area contributed by atoms with E-state index in [4.69, 9.17) is 92.8 Å². The van der Waals surface area contributed by atoms with Crippen LogP contribution < -0.4 is 0 Å². The van der Waals surface area contributed by atoms with E-state index in [0.717, 1.165) is 24.3 Å². The number of carbonyl (C=O) groups excluding carboxylic acids is 2. The largest absolute Gasteiger partial charge is 0.438 e. The van der Waals surface area contributed by atoms with E-state index in [1.807, 2.05) is 0 Å². The van der Waals surface area contributed by atoms with Crippen LogP contribution >= 0.6 is 92.8 Å². The van der Waals surface area contributed by atoms with Gasteiger partial charge in [0, 0.05) is 12.2 Å². The summed E-state index contributed by atoms with van der Waals surface area (Å²) < 4.78 is 5.15. The number of rotatable bonds is 5. The molecule has 0 N–H and O–H groups in total. The molecule has 4 nitrogen and oxygen atoms in total. The molecule has 0 aromatic heterocycles. The molecular weight excluding hydrogens is 468 g/mol. The second-order valence-electron chi connectivity index (χ2n) is 3.31. The first-order chi connectivity index (χ1) is 9.84. The van der Waals surface area contributed by atoms with E-state index in [-0.39, 0.29) is 0 Å². The Bertz CT molecular complexity index is 409. The zero-order valence-corrected chi connectivity index (χ0v) is 16.2. The van der Waals surface area contributed by atoms with Crippen molar-refractivity contribution in [3.63, 3.8) is 0 Å². The molecule has 2 unspecified atom stereocenters. The predicted octanol–water partition coefficient (Wildman–Crippen LogP) is 5.06. The standard InChI is InChI=1S/C10H6Cl8O4/c11-7(9(13,14)15)21-5(19)3-1-2-4-6(20)22-8(12)10(16,17)18/h1-4,7-8H/b3-1-,4-2-. The molecule has 0 heterocycles. The van der Waals surface area contributed by atoms with Gasteiger partial charge < -0.3 is 9.47 Å². The lowest BCUT2D eigenvalue weighted by Crippen LogP contribution is -2.25. The summed E-state index contributed by atoms with van der Waals surface area (Å²) in [5.74, 6) is -1.80. The second-order valence-corrected chi connectivity index (χ2v) is 8.84. The minimum atomic E-state index is -1.97. The van der Waals surface area contributed by atoms with Crippen molar-refractivity contribution in [1.29, 1.82) is 0 Å². The third kappa shape index (κ3) is 10.5. The molecule has 0 aromatic carbocycles. The van der Waals surface area contributed by atoms with Crippen LogP contribution in [0, 0.1) is 0 Å². The molecule has 0 amide bonds. The van der Waals surface area contributed by atoms with Crippen molar-refractivity contribution in [3.05, 3.63) is 24.3 Å². The summed E-state index contributed by atoms with van der Waals surface area (Å²) in [6.07, 6.45) is 4.12. The molecule has 0 bridgehead atoms. The van der Waals surface area contributed by atoms with E-state index >= 15 is 0 Å². The molecule has 0 aliphatic carbocycles. The van der Waals surface area contributed by atoms with Gasteiger partial charge in [-0.15, -0.1) is 0 Å². The number of hydrogen-bond donors (Lipinski definition) is 0. The van der Waals surface area contributed by atoms with Gasteiger partial charge in [-0.25, -0.2) is 9.59 Å². The lowest BCUT2D eigenvalue weighted by atomic mass is 10.4. The third-order valence-electron chi connectivity index (χ3n) is 1.53. The zero-order chi connectivity index (χ0) is 17.6. The van der Waals surface area contributed by atoms with Gasteiger partial charge in [0.25, 0.3) is 0 Å². The molecule has 0 spiro atoms. The van der Waals surface area contributed by atoms with Crippen LogP contribution in [0.2, 0.25) is 0 Å². The molecule has 22 heavy (non-hydrogen) atoms. The van der Waals surface area contributed by atoms with Gasteiger partial charge in [0.15, 0.2) is 0 Å². The van der Waals surface area contributed by atoms with Gasteiger partial charge in [0.1, 0.15) is 0 Å². The first-order valence-corrected chi connectivity index (χ1v) is 8.15. The number of carbonyl (C=O) groups is 2. The average Bonchev–Trinajstić information content (AvgIpc) is 2.32. The summed E-state index contributed by atoms with van der Waals surface area (Å²) >= 11 is 43.4. The summed E-state index contributed by atoms with van der Waals surface area (Å²) in [5, 5.41) is 0. The number of hydrogen-bond acceptors (Lipinski definition) is 4. The van der Waals surface area contributed by atoms with Crippen LogP contribution in [0.15, 0.2) is 24.3 Å². The van der Waals surface area contributed by atoms with E-state index in [1.165, 1.54) is 0 Å². The summed E-state index contributed by atoms with van der Waals surface area (Å²) in [4.78, 5) is 22.5. The van der Waals surface area contributed by atoms with E-state index in [0.29, 0.717) is 0 Å². The minimum Gasteiger partial charge on any atom is -0.438 e. The Morgan fingerprint density at radius 2 is 1.00 bits per heavy atom. The Morgan fingerprint density at radius 1 is 0.727 bits per heavy atom. The lowest BCUT2D eigenvalue weighted by molar-refractivity contribution is -0.140. The van der Waals surface area contributed by atoms with Crippen molar-refractivity contribution in [3.8, 4) is 0 Å². The molecule has 126 valence electrons. The molecule has 12 heteroatoms. The second kappa shape index (κ2) is 9.90. The zero-order valence-electron chi connectivity index (χ0n) is 10.1. The average molecular weight is 474 g/mol. The molecule has 0 fully saturated rings. The number of allylic oxidation sites excluding steroid dienone is 2. The van der Waals surface area contributed by atoms with Crippen LogP contribution in [0.3, 0.4) is 0 Å². The van der Waals surface area contributed by atoms with E-state index in [2.05, 4.69) is 9.47 Å². The highest BCUT2D eigenvalue weighted by molar-refractivity contribution is 6.70. The highest BCUT2D eigenvalue weighted by Crippen LogP contribution is 2.35. The van der Waals surface area contributed by atoms with Gasteiger partial charge >= 0.3 is 11.9 Å². The Kier molecular flexibility index (Phi) is 10.2. The van der Waals surface area contributed by atoms with Crippen molar-refractivity contribution in [2.45, 2.75) is 18.7 Å². The number of alkyl halides is 8. The van der Waals surface area contributed by atoms with Gasteiger partial charge in [-0.2, -0.15) is 0 Å². The molecule has 0 aliphatic heterocycles. The Balaban J connectivity index is 4.32. The summed E-state index contributed by atoms with van der Waals surface area (Å²) in [7, 11) is 0. The fraction of sp³-hybridized carbons (Fsp3) is 0.400. The first kappa shape index (κ1) is 22.7. The third-order valence-corrected chi connectivity index (χ3v) is 4.22. The molecule has 0 saturated carbocycles. The summed E-state index contributed by atoms with van der Waals surface area (Å²) in [6.45, 7) is 0. The molecule has 2 atom stereocenters. The quantitative estimate of drug-likeness (QED) is 0.242. The molecule has 0 rings (SSSR count). The highest BCUT2D eigenvalue weighted by Gasteiger charge is 2.34. The topological polar surface area (TPSA) is 52.6 Å². The van der Waals surface area contributed by atoms with Gasteiger partial charge in [0.05, 0.1) is 0 Å². The minimum absolute atomic E-state index is 0.902. The summed E-state index contributed by atoms with van der Waals surface area (Å²) in [6, 6.07) is 0. The maximum atomic E-state index is 11.3. The van der Waals surface area contributed by atoms with E-state index < -0.39 is 30.6 Å². The van der Waals surface area contributed by atoms with E-state index in [1.54, 1.807) is 0 Å². The molecule has 0 radical (unpaired) electrons. The van der Waals surface area contributed by atoms with Crippen LogP contribution in [0.5, 0.6) is 0 Å². The predicted molar refractivity (Wildman–Crippen MR) is 90.3 cm³/mol. The maximum absolute atomic E-state index is 11.3. The van der Waals surface area contributed by atoms with Crippen molar-refractivity contribution < 1.29 is 19.1 Å². The molecule has 0 aliphatic rings. The summed E-state index contributed by atoms with van der Waals surface area (Å²) in [5.41, 5.74) is -2.96. The van der Waals surface area contributed by atoms with Gasteiger partial charge in [0.2, 0.25) is 18.7 Å².